The van der Waals surface area contributed by atoms with E-state index in [2.05, 4.69) is 15.5 Å². The fourth-order valence-corrected chi connectivity index (χ4v) is 2.30. The van der Waals surface area contributed by atoms with Gasteiger partial charge in [0, 0.05) is 28.5 Å². The number of carbonyl (C=O) groups excluding carboxylic acids is 1. The Hall–Kier alpha value is -2.11. The van der Waals surface area contributed by atoms with E-state index in [9.17, 15) is 9.90 Å². The third kappa shape index (κ3) is 3.75. The van der Waals surface area contributed by atoms with Crippen molar-refractivity contribution in [3.63, 3.8) is 0 Å². The minimum Gasteiger partial charge on any atom is -0.506 e. The SMILES string of the molecule is CC/C(=N\NC(=O)c1ccncc1)c1cc(Cl)cc(Cl)c1O. The van der Waals surface area contributed by atoms with Crippen LogP contribution in [0.15, 0.2) is 41.8 Å². The number of hydrazone groups is 1. The largest absolute Gasteiger partial charge is 0.506 e. The molecule has 0 unspecified atom stereocenters. The van der Waals surface area contributed by atoms with Crippen LogP contribution in [-0.2, 0) is 0 Å². The number of phenolic OH excluding ortho intramolecular Hbond substituents is 1. The van der Waals surface area contributed by atoms with Crippen LogP contribution in [0.4, 0.5) is 0 Å². The maximum Gasteiger partial charge on any atom is 0.271 e. The summed E-state index contributed by atoms with van der Waals surface area (Å²) in [5, 5.41) is 14.6. The molecule has 1 aromatic carbocycles. The molecule has 1 aromatic heterocycles. The number of carbonyl (C=O) groups is 1. The van der Waals surface area contributed by atoms with E-state index in [1.165, 1.54) is 18.5 Å². The molecule has 114 valence electrons. The lowest BCUT2D eigenvalue weighted by atomic mass is 10.1. The number of rotatable bonds is 4. The number of amides is 1. The molecule has 0 aliphatic heterocycles. The first-order valence-electron chi connectivity index (χ1n) is 6.48. The van der Waals surface area contributed by atoms with Crippen molar-refractivity contribution in [2.45, 2.75) is 13.3 Å². The summed E-state index contributed by atoms with van der Waals surface area (Å²) in [7, 11) is 0. The van der Waals surface area contributed by atoms with Gasteiger partial charge in [-0.3, -0.25) is 9.78 Å². The summed E-state index contributed by atoms with van der Waals surface area (Å²) in [6.45, 7) is 1.84. The molecule has 0 fully saturated rings. The minimum atomic E-state index is -0.374. The maximum absolute atomic E-state index is 12.0. The third-order valence-corrected chi connectivity index (χ3v) is 3.42. The van der Waals surface area contributed by atoms with Gasteiger partial charge in [0.25, 0.3) is 5.91 Å². The molecule has 0 radical (unpaired) electrons. The predicted molar refractivity (Wildman–Crippen MR) is 86.7 cm³/mol. The van der Waals surface area contributed by atoms with Gasteiger partial charge in [0.2, 0.25) is 0 Å². The third-order valence-electron chi connectivity index (χ3n) is 2.91. The fraction of sp³-hybridized carbons (Fsp3) is 0.133. The second kappa shape index (κ2) is 7.24. The Balaban J connectivity index is 2.27. The standard InChI is InChI=1S/C15H13Cl2N3O2/c1-2-13(11-7-10(16)8-12(17)14(11)21)19-20-15(22)9-3-5-18-6-4-9/h3-8,21H,2H2,1H3,(H,20,22)/b19-13+. The summed E-state index contributed by atoms with van der Waals surface area (Å²) < 4.78 is 0. The molecule has 0 atom stereocenters. The van der Waals surface area contributed by atoms with E-state index in [1.807, 2.05) is 6.92 Å². The fourth-order valence-electron chi connectivity index (χ4n) is 1.80. The topological polar surface area (TPSA) is 74.6 Å². The maximum atomic E-state index is 12.0. The zero-order valence-electron chi connectivity index (χ0n) is 11.7. The number of benzene rings is 1. The van der Waals surface area contributed by atoms with E-state index in [0.29, 0.717) is 28.3 Å². The van der Waals surface area contributed by atoms with Crippen LogP contribution >= 0.6 is 23.2 Å². The van der Waals surface area contributed by atoms with Crippen LogP contribution in [0.3, 0.4) is 0 Å². The van der Waals surface area contributed by atoms with Crippen molar-refractivity contribution in [3.05, 3.63) is 57.8 Å². The van der Waals surface area contributed by atoms with Gasteiger partial charge < -0.3 is 5.11 Å². The second-order valence-electron chi connectivity index (χ2n) is 4.37. The van der Waals surface area contributed by atoms with Crippen molar-refractivity contribution in [1.29, 1.82) is 0 Å². The van der Waals surface area contributed by atoms with Crippen LogP contribution in [0.25, 0.3) is 0 Å². The quantitative estimate of drug-likeness (QED) is 0.660. The Bertz CT molecular complexity index is 718. The van der Waals surface area contributed by atoms with Crippen LogP contribution in [0, 0.1) is 0 Å². The first-order chi connectivity index (χ1) is 10.5. The zero-order chi connectivity index (χ0) is 16.1. The number of aromatic hydroxyl groups is 1. The average molecular weight is 338 g/mol. The van der Waals surface area contributed by atoms with Gasteiger partial charge in [-0.2, -0.15) is 5.10 Å². The second-order valence-corrected chi connectivity index (χ2v) is 5.22. The molecule has 0 aliphatic rings. The Labute approximate surface area is 137 Å². The van der Waals surface area contributed by atoms with Gasteiger partial charge in [-0.05, 0) is 30.7 Å². The van der Waals surface area contributed by atoms with Gasteiger partial charge in [-0.25, -0.2) is 5.43 Å². The predicted octanol–water partition coefficient (Wildman–Crippen LogP) is 3.64. The van der Waals surface area contributed by atoms with Crippen molar-refractivity contribution in [2.24, 2.45) is 5.10 Å². The molecule has 2 N–H and O–H groups in total. The van der Waals surface area contributed by atoms with Crippen LogP contribution in [0.1, 0.15) is 29.3 Å². The lowest BCUT2D eigenvalue weighted by molar-refractivity contribution is 0.0954. The number of hydrogen-bond acceptors (Lipinski definition) is 4. The lowest BCUT2D eigenvalue weighted by Crippen LogP contribution is -2.20. The van der Waals surface area contributed by atoms with Gasteiger partial charge in [-0.15, -0.1) is 0 Å². The van der Waals surface area contributed by atoms with Crippen LogP contribution < -0.4 is 5.43 Å². The Morgan fingerprint density at radius 2 is 2.00 bits per heavy atom. The van der Waals surface area contributed by atoms with E-state index < -0.39 is 0 Å². The van der Waals surface area contributed by atoms with Crippen molar-refractivity contribution in [3.8, 4) is 5.75 Å². The Morgan fingerprint density at radius 3 is 2.64 bits per heavy atom. The number of phenols is 1. The number of halogens is 2. The molecule has 1 heterocycles. The molecule has 5 nitrogen and oxygen atoms in total. The molecule has 0 aliphatic carbocycles. The number of nitrogens with zero attached hydrogens (tertiary/aromatic N) is 2. The number of pyridine rings is 1. The van der Waals surface area contributed by atoms with Crippen LogP contribution in [-0.4, -0.2) is 21.7 Å². The number of aromatic nitrogens is 1. The number of hydrogen-bond donors (Lipinski definition) is 2. The molecule has 2 rings (SSSR count). The summed E-state index contributed by atoms with van der Waals surface area (Å²) in [5.74, 6) is -0.495. The zero-order valence-corrected chi connectivity index (χ0v) is 13.2. The highest BCUT2D eigenvalue weighted by Gasteiger charge is 2.13. The first kappa shape index (κ1) is 16.3. The Morgan fingerprint density at radius 1 is 1.32 bits per heavy atom. The minimum absolute atomic E-state index is 0.121. The summed E-state index contributed by atoms with van der Waals surface area (Å²) in [5.41, 5.74) is 3.72. The Kier molecular flexibility index (Phi) is 5.35. The highest BCUT2D eigenvalue weighted by Crippen LogP contribution is 2.32. The van der Waals surface area contributed by atoms with E-state index in [4.69, 9.17) is 23.2 Å². The average Bonchev–Trinajstić information content (AvgIpc) is 2.52. The van der Waals surface area contributed by atoms with E-state index in [1.54, 1.807) is 18.2 Å². The number of nitrogens with one attached hydrogen (secondary N) is 1. The molecule has 7 heteroatoms. The normalized spacial score (nSPS) is 11.3. The smallest absolute Gasteiger partial charge is 0.271 e. The summed E-state index contributed by atoms with van der Waals surface area (Å²) in [6, 6.07) is 6.13. The van der Waals surface area contributed by atoms with Crippen molar-refractivity contribution < 1.29 is 9.90 Å². The molecule has 0 saturated carbocycles. The molecule has 22 heavy (non-hydrogen) atoms. The molecule has 0 bridgehead atoms. The lowest BCUT2D eigenvalue weighted by Gasteiger charge is -2.09. The highest BCUT2D eigenvalue weighted by atomic mass is 35.5. The summed E-state index contributed by atoms with van der Waals surface area (Å²) in [4.78, 5) is 15.8. The molecular weight excluding hydrogens is 325 g/mol. The van der Waals surface area contributed by atoms with Crippen molar-refractivity contribution in [1.82, 2.24) is 10.4 Å². The van der Waals surface area contributed by atoms with Crippen molar-refractivity contribution in [2.75, 3.05) is 0 Å². The molecule has 2 aromatic rings. The van der Waals surface area contributed by atoms with Gasteiger partial charge in [0.1, 0.15) is 5.75 Å². The summed E-state index contributed by atoms with van der Waals surface area (Å²) >= 11 is 11.8. The van der Waals surface area contributed by atoms with Gasteiger partial charge >= 0.3 is 0 Å². The van der Waals surface area contributed by atoms with Crippen LogP contribution in [0.5, 0.6) is 5.75 Å². The van der Waals surface area contributed by atoms with Gasteiger partial charge in [0.15, 0.2) is 0 Å². The van der Waals surface area contributed by atoms with E-state index in [-0.39, 0.29) is 16.7 Å². The van der Waals surface area contributed by atoms with Gasteiger partial charge in [0.05, 0.1) is 10.7 Å². The highest BCUT2D eigenvalue weighted by molar-refractivity contribution is 6.36. The van der Waals surface area contributed by atoms with E-state index in [0.717, 1.165) is 0 Å². The van der Waals surface area contributed by atoms with Gasteiger partial charge in [-0.1, -0.05) is 30.1 Å². The molecular formula is C15H13Cl2N3O2. The monoisotopic (exact) mass is 337 g/mol. The van der Waals surface area contributed by atoms with E-state index >= 15 is 0 Å². The van der Waals surface area contributed by atoms with Crippen molar-refractivity contribution >= 4 is 34.8 Å². The molecule has 0 spiro atoms. The first-order valence-corrected chi connectivity index (χ1v) is 7.23. The molecule has 0 saturated heterocycles. The summed E-state index contributed by atoms with van der Waals surface area (Å²) in [6.07, 6.45) is 3.50. The van der Waals surface area contributed by atoms with Crippen LogP contribution in [0.2, 0.25) is 10.0 Å². The molecule has 1 amide bonds.